The summed E-state index contributed by atoms with van der Waals surface area (Å²) in [5.74, 6) is 0. The number of likely N-dealkylation sites (N-methyl/N-ethyl adjacent to an activating group) is 1. The first kappa shape index (κ1) is 12.3. The second-order valence-corrected chi connectivity index (χ2v) is 4.10. The van der Waals surface area contributed by atoms with Crippen LogP contribution in [0.25, 0.3) is 0 Å². The lowest BCUT2D eigenvalue weighted by Gasteiger charge is -2.28. The zero-order valence-electron chi connectivity index (χ0n) is 10.2. The van der Waals surface area contributed by atoms with E-state index in [0.717, 1.165) is 45.7 Å². The Morgan fingerprint density at radius 2 is 1.80 bits per heavy atom. The van der Waals surface area contributed by atoms with Gasteiger partial charge in [0.05, 0.1) is 0 Å². The molecule has 0 N–H and O–H groups in total. The summed E-state index contributed by atoms with van der Waals surface area (Å²) >= 11 is 0. The topological polar surface area (TPSA) is 26.8 Å². The molecule has 0 spiro atoms. The van der Waals surface area contributed by atoms with Crippen LogP contribution in [0.15, 0.2) is 0 Å². The quantitative estimate of drug-likeness (QED) is 0.686. The number of rotatable bonds is 2. The molecule has 0 aromatic rings. The molecule has 0 aromatic carbocycles. The lowest BCUT2D eigenvalue weighted by atomic mass is 10.4. The molecule has 88 valence electrons. The highest BCUT2D eigenvalue weighted by atomic mass is 16.2. The van der Waals surface area contributed by atoms with E-state index in [1.54, 1.807) is 0 Å². The lowest BCUT2D eigenvalue weighted by Crippen LogP contribution is -2.44. The van der Waals surface area contributed by atoms with Crippen molar-refractivity contribution in [3.05, 3.63) is 0 Å². The Bertz CT molecular complexity index is 204. The second-order valence-electron chi connectivity index (χ2n) is 4.10. The predicted octanol–water partition coefficient (Wildman–Crippen LogP) is 1.09. The average Bonchev–Trinajstić information content (AvgIpc) is 2.44. The Labute approximate surface area is 92.8 Å². The molecule has 1 saturated heterocycles. The molecule has 1 aliphatic heterocycles. The van der Waals surface area contributed by atoms with Crippen molar-refractivity contribution in [3.8, 4) is 0 Å². The number of nitrogens with zero attached hydrogens (tertiary/aromatic N) is 3. The first-order valence-electron chi connectivity index (χ1n) is 5.91. The van der Waals surface area contributed by atoms with Crippen LogP contribution in [0, 0.1) is 0 Å². The Hall–Kier alpha value is -0.770. The fourth-order valence-electron chi connectivity index (χ4n) is 1.93. The zero-order chi connectivity index (χ0) is 11.3. The van der Waals surface area contributed by atoms with Gasteiger partial charge in [-0.05, 0) is 33.9 Å². The third kappa shape index (κ3) is 3.38. The molecule has 0 aliphatic carbocycles. The summed E-state index contributed by atoms with van der Waals surface area (Å²) in [6.45, 7) is 9.54. The van der Waals surface area contributed by atoms with Crippen molar-refractivity contribution >= 4 is 6.03 Å². The Kier molecular flexibility index (Phi) is 4.88. The summed E-state index contributed by atoms with van der Waals surface area (Å²) in [6.07, 6.45) is 1.09. The van der Waals surface area contributed by atoms with E-state index < -0.39 is 0 Å². The molecule has 1 fully saturated rings. The van der Waals surface area contributed by atoms with Gasteiger partial charge in [0.25, 0.3) is 0 Å². The van der Waals surface area contributed by atoms with E-state index in [1.165, 1.54) is 0 Å². The highest BCUT2D eigenvalue weighted by Gasteiger charge is 2.20. The standard InChI is InChI=1S/C11H23N3O/c1-4-13(5-2)11(15)14-8-6-7-12(3)9-10-14/h4-10H2,1-3H3. The summed E-state index contributed by atoms with van der Waals surface area (Å²) in [5, 5.41) is 0. The van der Waals surface area contributed by atoms with Gasteiger partial charge in [-0.15, -0.1) is 0 Å². The minimum Gasteiger partial charge on any atom is -0.325 e. The van der Waals surface area contributed by atoms with Gasteiger partial charge in [0.15, 0.2) is 0 Å². The normalized spacial score (nSPS) is 18.7. The van der Waals surface area contributed by atoms with E-state index in [-0.39, 0.29) is 6.03 Å². The van der Waals surface area contributed by atoms with Crippen molar-refractivity contribution in [1.82, 2.24) is 14.7 Å². The van der Waals surface area contributed by atoms with Crippen LogP contribution in [0.5, 0.6) is 0 Å². The summed E-state index contributed by atoms with van der Waals surface area (Å²) in [7, 11) is 2.12. The van der Waals surface area contributed by atoms with E-state index in [4.69, 9.17) is 0 Å². The van der Waals surface area contributed by atoms with Crippen LogP contribution in [0.4, 0.5) is 4.79 Å². The van der Waals surface area contributed by atoms with Gasteiger partial charge >= 0.3 is 6.03 Å². The van der Waals surface area contributed by atoms with Crippen molar-refractivity contribution in [2.45, 2.75) is 20.3 Å². The first-order valence-corrected chi connectivity index (χ1v) is 5.91. The van der Waals surface area contributed by atoms with Crippen LogP contribution in [-0.2, 0) is 0 Å². The first-order chi connectivity index (χ1) is 7.19. The Morgan fingerprint density at radius 3 is 2.40 bits per heavy atom. The molecule has 0 bridgehead atoms. The van der Waals surface area contributed by atoms with Gasteiger partial charge in [0, 0.05) is 32.7 Å². The van der Waals surface area contributed by atoms with Crippen LogP contribution >= 0.6 is 0 Å². The number of carbonyl (C=O) groups is 1. The number of hydrogen-bond acceptors (Lipinski definition) is 2. The largest absolute Gasteiger partial charge is 0.325 e. The van der Waals surface area contributed by atoms with E-state index in [9.17, 15) is 4.79 Å². The molecular formula is C11H23N3O. The number of amides is 2. The minimum absolute atomic E-state index is 0.204. The molecule has 0 radical (unpaired) electrons. The maximum atomic E-state index is 12.1. The smallest absolute Gasteiger partial charge is 0.320 e. The molecule has 4 nitrogen and oxygen atoms in total. The van der Waals surface area contributed by atoms with Crippen molar-refractivity contribution < 1.29 is 4.79 Å². The predicted molar refractivity (Wildman–Crippen MR) is 62.0 cm³/mol. The van der Waals surface area contributed by atoms with Crippen LogP contribution < -0.4 is 0 Å². The Balaban J connectivity index is 2.51. The molecular weight excluding hydrogens is 190 g/mol. The summed E-state index contributed by atoms with van der Waals surface area (Å²) in [5.41, 5.74) is 0. The molecule has 1 rings (SSSR count). The molecule has 0 unspecified atom stereocenters. The van der Waals surface area contributed by atoms with Crippen molar-refractivity contribution in [2.24, 2.45) is 0 Å². The maximum Gasteiger partial charge on any atom is 0.320 e. The summed E-state index contributed by atoms with van der Waals surface area (Å²) in [6, 6.07) is 0.204. The highest BCUT2D eigenvalue weighted by molar-refractivity contribution is 5.74. The molecule has 2 amide bonds. The lowest BCUT2D eigenvalue weighted by molar-refractivity contribution is 0.159. The van der Waals surface area contributed by atoms with E-state index in [2.05, 4.69) is 11.9 Å². The van der Waals surface area contributed by atoms with Gasteiger partial charge in [-0.1, -0.05) is 0 Å². The zero-order valence-corrected chi connectivity index (χ0v) is 10.2. The van der Waals surface area contributed by atoms with Crippen LogP contribution in [0.1, 0.15) is 20.3 Å². The highest BCUT2D eigenvalue weighted by Crippen LogP contribution is 2.05. The molecule has 0 atom stereocenters. The maximum absolute atomic E-state index is 12.1. The van der Waals surface area contributed by atoms with Crippen LogP contribution in [0.3, 0.4) is 0 Å². The molecule has 15 heavy (non-hydrogen) atoms. The van der Waals surface area contributed by atoms with Gasteiger partial charge in [-0.2, -0.15) is 0 Å². The summed E-state index contributed by atoms with van der Waals surface area (Å²) in [4.78, 5) is 18.2. The van der Waals surface area contributed by atoms with E-state index in [0.29, 0.717) is 0 Å². The van der Waals surface area contributed by atoms with Crippen molar-refractivity contribution in [1.29, 1.82) is 0 Å². The molecule has 0 saturated carbocycles. The minimum atomic E-state index is 0.204. The van der Waals surface area contributed by atoms with Gasteiger partial charge in [0.1, 0.15) is 0 Å². The molecule has 4 heteroatoms. The van der Waals surface area contributed by atoms with E-state index >= 15 is 0 Å². The molecule has 1 aliphatic rings. The molecule has 0 aromatic heterocycles. The van der Waals surface area contributed by atoms with E-state index in [1.807, 2.05) is 23.6 Å². The van der Waals surface area contributed by atoms with Crippen molar-refractivity contribution in [2.75, 3.05) is 46.3 Å². The summed E-state index contributed by atoms with van der Waals surface area (Å²) < 4.78 is 0. The van der Waals surface area contributed by atoms with Gasteiger partial charge in [0.2, 0.25) is 0 Å². The number of carbonyl (C=O) groups excluding carboxylic acids is 1. The fraction of sp³-hybridized carbons (Fsp3) is 0.909. The number of hydrogen-bond donors (Lipinski definition) is 0. The monoisotopic (exact) mass is 213 g/mol. The fourth-order valence-corrected chi connectivity index (χ4v) is 1.93. The third-order valence-corrected chi connectivity index (χ3v) is 3.02. The number of urea groups is 1. The van der Waals surface area contributed by atoms with Crippen molar-refractivity contribution in [3.63, 3.8) is 0 Å². The van der Waals surface area contributed by atoms with Crippen LogP contribution in [0.2, 0.25) is 0 Å². The second kappa shape index (κ2) is 5.95. The van der Waals surface area contributed by atoms with Gasteiger partial charge in [-0.25, -0.2) is 4.79 Å². The molecule has 1 heterocycles. The third-order valence-electron chi connectivity index (χ3n) is 3.02. The van der Waals surface area contributed by atoms with Crippen LogP contribution in [-0.4, -0.2) is 67.0 Å². The van der Waals surface area contributed by atoms with Gasteiger partial charge in [-0.3, -0.25) is 0 Å². The Morgan fingerprint density at radius 1 is 1.13 bits per heavy atom. The van der Waals surface area contributed by atoms with Gasteiger partial charge < -0.3 is 14.7 Å². The average molecular weight is 213 g/mol. The SMILES string of the molecule is CCN(CC)C(=O)N1CCCN(C)CC1.